The van der Waals surface area contributed by atoms with E-state index >= 15 is 0 Å². The molecule has 0 spiro atoms. The molecule has 0 radical (unpaired) electrons. The molecule has 3 aromatic rings. The Morgan fingerprint density at radius 2 is 1.82 bits per heavy atom. The van der Waals surface area contributed by atoms with Crippen LogP contribution in [0.5, 0.6) is 0 Å². The minimum Gasteiger partial charge on any atom is -0.293 e. The fourth-order valence-electron chi connectivity index (χ4n) is 1.93. The molecule has 0 atom stereocenters. The predicted molar refractivity (Wildman–Crippen MR) is 88.3 cm³/mol. The predicted octanol–water partition coefficient (Wildman–Crippen LogP) is 4.10. The van der Waals surface area contributed by atoms with E-state index in [9.17, 15) is 4.79 Å². The number of halogens is 1. The third-order valence-corrected chi connectivity index (χ3v) is 4.20. The average Bonchev–Trinajstić information content (AvgIpc) is 3.03. The maximum atomic E-state index is 12.1. The van der Waals surface area contributed by atoms with Gasteiger partial charge in [-0.3, -0.25) is 9.89 Å². The van der Waals surface area contributed by atoms with Gasteiger partial charge in [-0.15, -0.1) is 5.10 Å². The summed E-state index contributed by atoms with van der Waals surface area (Å²) in [5, 5.41) is 8.01. The molecular formula is C16H12ClN3OS. The van der Waals surface area contributed by atoms with Crippen LogP contribution in [0.2, 0.25) is 5.02 Å². The first-order chi connectivity index (χ1) is 10.7. The van der Waals surface area contributed by atoms with Gasteiger partial charge in [0.1, 0.15) is 0 Å². The molecular weight excluding hydrogens is 318 g/mol. The Bertz CT molecular complexity index is 789. The topological polar surface area (TPSA) is 58.6 Å². The molecule has 2 aromatic carbocycles. The van der Waals surface area contributed by atoms with Crippen LogP contribution in [0.3, 0.4) is 0 Å². The smallest absolute Gasteiger partial charge is 0.209 e. The van der Waals surface area contributed by atoms with E-state index in [1.165, 1.54) is 11.8 Å². The number of carbonyl (C=O) groups is 1. The number of thioether (sulfide) groups is 1. The van der Waals surface area contributed by atoms with Gasteiger partial charge < -0.3 is 0 Å². The Labute approximate surface area is 136 Å². The van der Waals surface area contributed by atoms with Gasteiger partial charge in [0, 0.05) is 11.1 Å². The molecule has 0 aliphatic heterocycles. The lowest BCUT2D eigenvalue weighted by atomic mass is 10.1. The van der Waals surface area contributed by atoms with Crippen LogP contribution in [0.4, 0.5) is 0 Å². The number of carbonyl (C=O) groups excluding carboxylic acids is 1. The molecule has 0 bridgehead atoms. The summed E-state index contributed by atoms with van der Waals surface area (Å²) in [5.41, 5.74) is 1.48. The molecule has 0 saturated carbocycles. The molecule has 3 rings (SSSR count). The van der Waals surface area contributed by atoms with Crippen molar-refractivity contribution in [2.24, 2.45) is 0 Å². The van der Waals surface area contributed by atoms with E-state index in [2.05, 4.69) is 15.2 Å². The molecule has 110 valence electrons. The van der Waals surface area contributed by atoms with Crippen molar-refractivity contribution in [2.75, 3.05) is 5.75 Å². The van der Waals surface area contributed by atoms with Gasteiger partial charge in [0.15, 0.2) is 11.6 Å². The summed E-state index contributed by atoms with van der Waals surface area (Å²) in [4.78, 5) is 16.5. The summed E-state index contributed by atoms with van der Waals surface area (Å²) in [6, 6.07) is 16.7. The Balaban J connectivity index is 1.67. The summed E-state index contributed by atoms with van der Waals surface area (Å²) in [5.74, 6) is 0.894. The van der Waals surface area contributed by atoms with Crippen molar-refractivity contribution >= 4 is 29.1 Å². The second-order valence-corrected chi connectivity index (χ2v) is 5.87. The molecule has 0 fully saturated rings. The third-order valence-electron chi connectivity index (χ3n) is 3.02. The number of aromatic amines is 1. The Hall–Kier alpha value is -2.11. The summed E-state index contributed by atoms with van der Waals surface area (Å²) in [7, 11) is 0. The SMILES string of the molecule is O=C(CSc1n[nH]c(-c2ccccc2)n1)c1ccccc1Cl. The summed E-state index contributed by atoms with van der Waals surface area (Å²) >= 11 is 7.30. The maximum absolute atomic E-state index is 12.1. The quantitative estimate of drug-likeness (QED) is 0.565. The molecule has 0 saturated heterocycles. The van der Waals surface area contributed by atoms with Crippen LogP contribution < -0.4 is 0 Å². The van der Waals surface area contributed by atoms with Crippen LogP contribution in [-0.2, 0) is 0 Å². The van der Waals surface area contributed by atoms with Gasteiger partial charge in [-0.05, 0) is 12.1 Å². The first-order valence-corrected chi connectivity index (χ1v) is 7.99. The minimum absolute atomic E-state index is 0.0401. The van der Waals surface area contributed by atoms with Crippen molar-refractivity contribution in [3.8, 4) is 11.4 Å². The van der Waals surface area contributed by atoms with E-state index in [1.54, 1.807) is 24.3 Å². The number of Topliss-reactive ketones (excluding diaryl/α,β-unsaturated/α-hetero) is 1. The fraction of sp³-hybridized carbons (Fsp3) is 0.0625. The standard InChI is InChI=1S/C16H12ClN3OS/c17-13-9-5-4-8-12(13)14(21)10-22-16-18-15(19-20-16)11-6-2-1-3-7-11/h1-9H,10H2,(H,18,19,20). The third kappa shape index (κ3) is 3.37. The molecule has 4 nitrogen and oxygen atoms in total. The van der Waals surface area contributed by atoms with Gasteiger partial charge in [-0.1, -0.05) is 65.8 Å². The van der Waals surface area contributed by atoms with Crippen molar-refractivity contribution < 1.29 is 4.79 Å². The van der Waals surface area contributed by atoms with E-state index in [0.29, 0.717) is 21.6 Å². The van der Waals surface area contributed by atoms with Crippen molar-refractivity contribution in [1.82, 2.24) is 15.2 Å². The molecule has 0 aliphatic carbocycles. The number of H-pyrrole nitrogens is 1. The van der Waals surface area contributed by atoms with E-state index < -0.39 is 0 Å². The Morgan fingerprint density at radius 3 is 2.59 bits per heavy atom. The van der Waals surface area contributed by atoms with Crippen molar-refractivity contribution in [1.29, 1.82) is 0 Å². The van der Waals surface area contributed by atoms with Gasteiger partial charge >= 0.3 is 0 Å². The number of nitrogens with one attached hydrogen (secondary N) is 1. The Kier molecular flexibility index (Phi) is 4.56. The summed E-state index contributed by atoms with van der Waals surface area (Å²) in [6.45, 7) is 0. The monoisotopic (exact) mass is 329 g/mol. The van der Waals surface area contributed by atoms with Gasteiger partial charge in [0.25, 0.3) is 0 Å². The lowest BCUT2D eigenvalue weighted by Crippen LogP contribution is -2.03. The number of hydrogen-bond acceptors (Lipinski definition) is 4. The lowest BCUT2D eigenvalue weighted by molar-refractivity contribution is 0.102. The molecule has 1 heterocycles. The zero-order chi connectivity index (χ0) is 15.4. The van der Waals surface area contributed by atoms with E-state index in [-0.39, 0.29) is 11.5 Å². The molecule has 0 aliphatic rings. The number of nitrogens with zero attached hydrogens (tertiary/aromatic N) is 2. The fourth-order valence-corrected chi connectivity index (χ4v) is 2.85. The number of ketones is 1. The van der Waals surface area contributed by atoms with Crippen LogP contribution in [0, 0.1) is 0 Å². The molecule has 0 amide bonds. The van der Waals surface area contributed by atoms with Gasteiger partial charge in [-0.2, -0.15) is 0 Å². The second kappa shape index (κ2) is 6.77. The summed E-state index contributed by atoms with van der Waals surface area (Å²) in [6.07, 6.45) is 0. The zero-order valence-corrected chi connectivity index (χ0v) is 13.1. The number of benzene rings is 2. The highest BCUT2D eigenvalue weighted by atomic mass is 35.5. The average molecular weight is 330 g/mol. The molecule has 22 heavy (non-hydrogen) atoms. The van der Waals surface area contributed by atoms with Crippen LogP contribution in [-0.4, -0.2) is 26.7 Å². The van der Waals surface area contributed by atoms with E-state index in [0.717, 1.165) is 5.56 Å². The molecule has 1 aromatic heterocycles. The van der Waals surface area contributed by atoms with Crippen LogP contribution in [0.15, 0.2) is 59.8 Å². The van der Waals surface area contributed by atoms with E-state index in [4.69, 9.17) is 11.6 Å². The highest BCUT2D eigenvalue weighted by Crippen LogP contribution is 2.22. The molecule has 6 heteroatoms. The van der Waals surface area contributed by atoms with E-state index in [1.807, 2.05) is 30.3 Å². The Morgan fingerprint density at radius 1 is 1.09 bits per heavy atom. The summed E-state index contributed by atoms with van der Waals surface area (Å²) < 4.78 is 0. The van der Waals surface area contributed by atoms with Gasteiger partial charge in [-0.25, -0.2) is 4.98 Å². The maximum Gasteiger partial charge on any atom is 0.209 e. The molecule has 1 N–H and O–H groups in total. The molecule has 0 unspecified atom stereocenters. The number of aromatic nitrogens is 3. The van der Waals surface area contributed by atoms with Crippen molar-refractivity contribution in [3.05, 3.63) is 65.2 Å². The van der Waals surface area contributed by atoms with Crippen molar-refractivity contribution in [3.63, 3.8) is 0 Å². The normalized spacial score (nSPS) is 10.6. The largest absolute Gasteiger partial charge is 0.293 e. The van der Waals surface area contributed by atoms with Crippen LogP contribution >= 0.6 is 23.4 Å². The zero-order valence-electron chi connectivity index (χ0n) is 11.5. The minimum atomic E-state index is -0.0401. The van der Waals surface area contributed by atoms with Gasteiger partial charge in [0.05, 0.1) is 10.8 Å². The highest BCUT2D eigenvalue weighted by Gasteiger charge is 2.12. The highest BCUT2D eigenvalue weighted by molar-refractivity contribution is 7.99. The number of hydrogen-bond donors (Lipinski definition) is 1. The van der Waals surface area contributed by atoms with Crippen molar-refractivity contribution in [2.45, 2.75) is 5.16 Å². The first-order valence-electron chi connectivity index (χ1n) is 6.62. The first kappa shape index (κ1) is 14.8. The lowest BCUT2D eigenvalue weighted by Gasteiger charge is -2.01. The second-order valence-electron chi connectivity index (χ2n) is 4.52. The van der Waals surface area contributed by atoms with Crippen LogP contribution in [0.25, 0.3) is 11.4 Å². The van der Waals surface area contributed by atoms with Crippen LogP contribution in [0.1, 0.15) is 10.4 Å². The number of rotatable bonds is 5. The van der Waals surface area contributed by atoms with Gasteiger partial charge in [0.2, 0.25) is 5.16 Å².